The van der Waals surface area contributed by atoms with Crippen LogP contribution in [-0.2, 0) is 0 Å². The largest absolute Gasteiger partial charge is 0.382 e. The van der Waals surface area contributed by atoms with Crippen LogP contribution >= 0.6 is 0 Å². The fourth-order valence-electron chi connectivity index (χ4n) is 2.42. The lowest BCUT2D eigenvalue weighted by atomic mass is 9.93. The Morgan fingerprint density at radius 1 is 1.30 bits per heavy atom. The fraction of sp³-hybridized carbons (Fsp3) is 0.632. The molecule has 4 heteroatoms. The van der Waals surface area contributed by atoms with Gasteiger partial charge in [-0.2, -0.15) is 0 Å². The molecule has 0 aliphatic rings. The number of hydrogen-bond donors (Lipinski definition) is 2. The van der Waals surface area contributed by atoms with Crippen LogP contribution in [-0.4, -0.2) is 37.0 Å². The molecule has 130 valence electrons. The van der Waals surface area contributed by atoms with Crippen LogP contribution in [0.1, 0.15) is 50.5 Å². The topological polar surface area (TPSA) is 58.4 Å². The minimum Gasteiger partial charge on any atom is -0.382 e. The van der Waals surface area contributed by atoms with Crippen molar-refractivity contribution in [1.29, 1.82) is 0 Å². The zero-order chi connectivity index (χ0) is 17.8. The summed E-state index contributed by atoms with van der Waals surface area (Å²) >= 11 is 0. The number of carbonyl (C=O) groups is 1. The van der Waals surface area contributed by atoms with Gasteiger partial charge in [0.25, 0.3) is 5.91 Å². The second kappa shape index (κ2) is 7.82. The van der Waals surface area contributed by atoms with E-state index in [4.69, 9.17) is 5.73 Å². The molecule has 0 bridgehead atoms. The van der Waals surface area contributed by atoms with Crippen LogP contribution in [0.25, 0.3) is 0 Å². The molecule has 0 aliphatic heterocycles. The van der Waals surface area contributed by atoms with Crippen LogP contribution in [0, 0.1) is 18.3 Å². The molecule has 0 heterocycles. The first kappa shape index (κ1) is 19.5. The van der Waals surface area contributed by atoms with Crippen molar-refractivity contribution in [2.45, 2.75) is 47.6 Å². The maximum Gasteiger partial charge on any atom is 0.253 e. The van der Waals surface area contributed by atoms with Crippen LogP contribution in [0.15, 0.2) is 18.2 Å². The van der Waals surface area contributed by atoms with Crippen molar-refractivity contribution in [3.05, 3.63) is 29.3 Å². The molecule has 1 atom stereocenters. The van der Waals surface area contributed by atoms with E-state index in [0.717, 1.165) is 16.8 Å². The Bertz CT molecular complexity index is 537. The molecule has 0 fully saturated rings. The third-order valence-corrected chi connectivity index (χ3v) is 4.51. The van der Waals surface area contributed by atoms with E-state index in [2.05, 4.69) is 39.9 Å². The summed E-state index contributed by atoms with van der Waals surface area (Å²) in [6.45, 7) is 13.9. The first-order chi connectivity index (χ1) is 10.6. The van der Waals surface area contributed by atoms with Crippen LogP contribution < -0.4 is 11.1 Å². The van der Waals surface area contributed by atoms with Gasteiger partial charge in [-0.05, 0) is 49.4 Å². The highest BCUT2D eigenvalue weighted by Gasteiger charge is 2.23. The van der Waals surface area contributed by atoms with Crippen molar-refractivity contribution >= 4 is 11.6 Å². The zero-order valence-electron chi connectivity index (χ0n) is 15.7. The summed E-state index contributed by atoms with van der Waals surface area (Å²) in [7, 11) is 1.84. The lowest BCUT2D eigenvalue weighted by Crippen LogP contribution is -2.40. The molecular formula is C19H33N3O. The minimum absolute atomic E-state index is 0.0462. The molecule has 0 spiro atoms. The Balaban J connectivity index is 2.98. The van der Waals surface area contributed by atoms with Gasteiger partial charge in [-0.15, -0.1) is 0 Å². The van der Waals surface area contributed by atoms with E-state index in [1.165, 1.54) is 0 Å². The summed E-state index contributed by atoms with van der Waals surface area (Å²) in [6, 6.07) is 6.23. The van der Waals surface area contributed by atoms with E-state index in [9.17, 15) is 4.79 Å². The van der Waals surface area contributed by atoms with Gasteiger partial charge in [0.15, 0.2) is 0 Å². The van der Waals surface area contributed by atoms with Crippen molar-refractivity contribution in [3.63, 3.8) is 0 Å². The van der Waals surface area contributed by atoms with Gasteiger partial charge in [-0.3, -0.25) is 4.79 Å². The van der Waals surface area contributed by atoms with Crippen molar-refractivity contribution in [2.24, 2.45) is 17.1 Å². The van der Waals surface area contributed by atoms with Crippen molar-refractivity contribution in [3.8, 4) is 0 Å². The van der Waals surface area contributed by atoms with Gasteiger partial charge in [0.05, 0.1) is 0 Å². The Labute approximate surface area is 141 Å². The molecule has 0 saturated carbocycles. The molecule has 1 aromatic rings. The summed E-state index contributed by atoms with van der Waals surface area (Å²) in [5.74, 6) is 0.576. The number of nitrogens with one attached hydrogen (secondary N) is 1. The molecule has 1 rings (SSSR count). The highest BCUT2D eigenvalue weighted by molar-refractivity contribution is 5.97. The SMILES string of the molecule is Cc1c(NC(C)C(C)C)cccc1C(=O)N(C)CC(C)(C)CN. The highest BCUT2D eigenvalue weighted by atomic mass is 16.2. The van der Waals surface area contributed by atoms with Crippen LogP contribution in [0.4, 0.5) is 5.69 Å². The van der Waals surface area contributed by atoms with E-state index in [1.807, 2.05) is 32.2 Å². The molecule has 3 N–H and O–H groups in total. The third kappa shape index (κ3) is 5.24. The molecule has 23 heavy (non-hydrogen) atoms. The van der Waals surface area contributed by atoms with Crippen LogP contribution in [0.3, 0.4) is 0 Å². The molecule has 1 unspecified atom stereocenters. The van der Waals surface area contributed by atoms with Gasteiger partial charge in [0, 0.05) is 30.9 Å². The molecule has 0 saturated heterocycles. The minimum atomic E-state index is -0.0830. The van der Waals surface area contributed by atoms with Crippen molar-refractivity contribution in [1.82, 2.24) is 4.90 Å². The van der Waals surface area contributed by atoms with Gasteiger partial charge in [0.2, 0.25) is 0 Å². The summed E-state index contributed by atoms with van der Waals surface area (Å²) in [4.78, 5) is 14.6. The van der Waals surface area contributed by atoms with E-state index in [1.54, 1.807) is 4.90 Å². The first-order valence-electron chi connectivity index (χ1n) is 8.40. The average molecular weight is 319 g/mol. The molecule has 0 aliphatic carbocycles. The molecule has 0 aromatic heterocycles. The van der Waals surface area contributed by atoms with Gasteiger partial charge >= 0.3 is 0 Å². The van der Waals surface area contributed by atoms with Crippen LogP contribution in [0.2, 0.25) is 0 Å². The summed E-state index contributed by atoms with van der Waals surface area (Å²) in [5.41, 5.74) is 8.48. The third-order valence-electron chi connectivity index (χ3n) is 4.51. The molecule has 0 radical (unpaired) electrons. The molecule has 4 nitrogen and oxygen atoms in total. The number of carbonyl (C=O) groups excluding carboxylic acids is 1. The Hall–Kier alpha value is -1.55. The Morgan fingerprint density at radius 3 is 2.43 bits per heavy atom. The predicted molar refractivity (Wildman–Crippen MR) is 98.9 cm³/mol. The number of benzene rings is 1. The summed E-state index contributed by atoms with van der Waals surface area (Å²) < 4.78 is 0. The van der Waals surface area contributed by atoms with Gasteiger partial charge in [0.1, 0.15) is 0 Å². The number of nitrogens with two attached hydrogens (primary N) is 1. The lowest BCUT2D eigenvalue weighted by Gasteiger charge is -2.29. The maximum absolute atomic E-state index is 12.8. The zero-order valence-corrected chi connectivity index (χ0v) is 15.7. The second-order valence-corrected chi connectivity index (χ2v) is 7.68. The van der Waals surface area contributed by atoms with Crippen molar-refractivity contribution in [2.75, 3.05) is 25.5 Å². The summed E-state index contributed by atoms with van der Waals surface area (Å²) in [6.07, 6.45) is 0. The van der Waals surface area contributed by atoms with E-state index < -0.39 is 0 Å². The highest BCUT2D eigenvalue weighted by Crippen LogP contribution is 2.23. The number of anilines is 1. The number of nitrogens with zero attached hydrogens (tertiary/aromatic N) is 1. The Morgan fingerprint density at radius 2 is 1.91 bits per heavy atom. The second-order valence-electron chi connectivity index (χ2n) is 7.68. The normalized spacial score (nSPS) is 13.1. The molecular weight excluding hydrogens is 286 g/mol. The summed E-state index contributed by atoms with van der Waals surface area (Å²) in [5, 5.41) is 3.51. The standard InChI is InChI=1S/C19H33N3O/c1-13(2)15(4)21-17-10-8-9-16(14(17)3)18(23)22(7)12-19(5,6)11-20/h8-10,13,15,21H,11-12,20H2,1-7H3. The van der Waals surface area contributed by atoms with Crippen molar-refractivity contribution < 1.29 is 4.79 Å². The van der Waals surface area contributed by atoms with E-state index >= 15 is 0 Å². The van der Waals surface area contributed by atoms with E-state index in [-0.39, 0.29) is 11.3 Å². The first-order valence-corrected chi connectivity index (χ1v) is 8.40. The number of hydrogen-bond acceptors (Lipinski definition) is 3. The van der Waals surface area contributed by atoms with Gasteiger partial charge in [-0.1, -0.05) is 33.8 Å². The monoisotopic (exact) mass is 319 g/mol. The number of rotatable bonds is 7. The lowest BCUT2D eigenvalue weighted by molar-refractivity contribution is 0.0740. The number of amides is 1. The Kier molecular flexibility index (Phi) is 6.63. The van der Waals surface area contributed by atoms with E-state index in [0.29, 0.717) is 25.0 Å². The van der Waals surface area contributed by atoms with Gasteiger partial charge < -0.3 is 16.0 Å². The fourth-order valence-corrected chi connectivity index (χ4v) is 2.42. The maximum atomic E-state index is 12.8. The molecule has 1 aromatic carbocycles. The smallest absolute Gasteiger partial charge is 0.253 e. The quantitative estimate of drug-likeness (QED) is 0.808. The molecule has 1 amide bonds. The van der Waals surface area contributed by atoms with Gasteiger partial charge in [-0.25, -0.2) is 0 Å². The predicted octanol–water partition coefficient (Wildman–Crippen LogP) is 3.51. The van der Waals surface area contributed by atoms with Crippen LogP contribution in [0.5, 0.6) is 0 Å². The average Bonchev–Trinajstić information content (AvgIpc) is 2.48.